The first kappa shape index (κ1) is 7.48. The first-order valence-electron chi connectivity index (χ1n) is 2.81. The van der Waals surface area contributed by atoms with E-state index in [9.17, 15) is 4.39 Å². The Balaban J connectivity index is 3.18. The third-order valence-corrected chi connectivity index (χ3v) is 1.34. The van der Waals surface area contributed by atoms with Crippen molar-refractivity contribution in [3.05, 3.63) is 34.6 Å². The molecule has 0 bridgehead atoms. The molecule has 0 aliphatic heterocycles. The van der Waals surface area contributed by atoms with Crippen molar-refractivity contribution in [1.82, 2.24) is 0 Å². The fourth-order valence-electron chi connectivity index (χ4n) is 0.693. The van der Waals surface area contributed by atoms with E-state index in [1.807, 2.05) is 0 Å². The fourth-order valence-corrected chi connectivity index (χ4v) is 0.923. The van der Waals surface area contributed by atoms with Gasteiger partial charge < -0.3 is 0 Å². The zero-order valence-electron chi connectivity index (χ0n) is 5.27. The van der Waals surface area contributed by atoms with Crippen LogP contribution in [0.5, 0.6) is 0 Å². The molecule has 0 saturated heterocycles. The summed E-state index contributed by atoms with van der Waals surface area (Å²) in [4.78, 5) is 0. The Morgan fingerprint density at radius 2 is 2.10 bits per heavy atom. The van der Waals surface area contributed by atoms with E-state index >= 15 is 0 Å². The van der Waals surface area contributed by atoms with Crippen LogP contribution in [-0.4, -0.2) is 13.5 Å². The summed E-state index contributed by atoms with van der Waals surface area (Å²) in [6.45, 7) is 0. The van der Waals surface area contributed by atoms with Gasteiger partial charge in [-0.2, -0.15) is 0 Å². The van der Waals surface area contributed by atoms with Gasteiger partial charge in [-0.15, -0.1) is 0 Å². The fraction of sp³-hybridized carbons (Fsp3) is 0. The predicted molar refractivity (Wildman–Crippen MR) is 43.7 cm³/mol. The summed E-state index contributed by atoms with van der Waals surface area (Å²) >= 11 is 5.54. The minimum absolute atomic E-state index is 0.331. The number of benzene rings is 1. The van der Waals surface area contributed by atoms with Crippen molar-refractivity contribution in [1.29, 1.82) is 0 Å². The quantitative estimate of drug-likeness (QED) is 0.538. The molecule has 0 nitrogen and oxygen atoms in total. The van der Waals surface area contributed by atoms with Crippen molar-refractivity contribution in [2.45, 2.75) is 0 Å². The van der Waals surface area contributed by atoms with E-state index in [-0.39, 0.29) is 5.82 Å². The maximum absolute atomic E-state index is 12.5. The Morgan fingerprint density at radius 1 is 1.40 bits per heavy atom. The van der Waals surface area contributed by atoms with E-state index in [1.165, 1.54) is 12.1 Å². The molecule has 0 heterocycles. The topological polar surface area (TPSA) is 0 Å². The molecular formula is C7H5BClF. The van der Waals surface area contributed by atoms with Crippen molar-refractivity contribution in [2.75, 3.05) is 0 Å². The monoisotopic (exact) mass is 154 g/mol. The molecule has 0 radical (unpaired) electrons. The van der Waals surface area contributed by atoms with Crippen LogP contribution in [0.25, 0.3) is 0 Å². The van der Waals surface area contributed by atoms with Crippen molar-refractivity contribution < 1.29 is 4.39 Å². The van der Waals surface area contributed by atoms with Crippen LogP contribution in [0.4, 0.5) is 4.39 Å². The van der Waals surface area contributed by atoms with E-state index < -0.39 is 0 Å². The number of rotatable bonds is 1. The first-order chi connectivity index (χ1) is 4.72. The Hall–Kier alpha value is -0.625. The molecule has 0 unspecified atom stereocenters. The second-order valence-electron chi connectivity index (χ2n) is 1.91. The Morgan fingerprint density at radius 3 is 2.60 bits per heavy atom. The normalized spacial score (nSPS) is 9.30. The Labute approximate surface area is 64.7 Å². The minimum atomic E-state index is -0.331. The molecule has 50 valence electrons. The zero-order chi connectivity index (χ0) is 7.56. The summed E-state index contributed by atoms with van der Waals surface area (Å²) in [6.07, 6.45) is 0. The van der Waals surface area contributed by atoms with Gasteiger partial charge in [0.05, 0.1) is 0 Å². The molecular weight excluding hydrogens is 149 g/mol. The van der Waals surface area contributed by atoms with Crippen LogP contribution in [0, 0.1) is 5.82 Å². The summed E-state index contributed by atoms with van der Waals surface area (Å²) in [5, 5.41) is 0.398. The second kappa shape index (κ2) is 2.97. The number of hydrogen-bond donors (Lipinski definition) is 0. The predicted octanol–water partition coefficient (Wildman–Crippen LogP) is 1.53. The molecule has 1 rings (SSSR count). The Kier molecular flexibility index (Phi) is 2.23. The molecule has 0 aliphatic carbocycles. The van der Waals surface area contributed by atoms with Crippen molar-refractivity contribution >= 4 is 25.1 Å². The molecule has 0 fully saturated rings. The standard InChI is InChI=1S/C7H5BClF/c8-4-5-1-6(9)3-7(10)2-5/h1-4,8H. The molecule has 3 heteroatoms. The summed E-state index contributed by atoms with van der Waals surface area (Å²) in [6, 6.07) is 4.28. The molecule has 0 saturated carbocycles. The van der Waals surface area contributed by atoms with E-state index in [2.05, 4.69) is 7.49 Å². The molecule has 1 aromatic rings. The molecule has 0 aromatic heterocycles. The van der Waals surface area contributed by atoms with Gasteiger partial charge in [0, 0.05) is 0 Å². The third kappa shape index (κ3) is 1.68. The SMILES string of the molecule is B=Cc1cc(F)cc(Cl)c1. The van der Waals surface area contributed by atoms with Gasteiger partial charge in [-0.1, -0.05) is 0 Å². The van der Waals surface area contributed by atoms with Gasteiger partial charge in [-0.25, -0.2) is 0 Å². The number of hydrogen-bond acceptors (Lipinski definition) is 0. The first-order valence-corrected chi connectivity index (χ1v) is 3.18. The van der Waals surface area contributed by atoms with Crippen LogP contribution in [0.1, 0.15) is 5.56 Å². The van der Waals surface area contributed by atoms with Gasteiger partial charge in [-0.3, -0.25) is 0 Å². The molecule has 0 aliphatic rings. The summed E-state index contributed by atoms with van der Waals surface area (Å²) in [7, 11) is 3.49. The van der Waals surface area contributed by atoms with Gasteiger partial charge >= 0.3 is 64.0 Å². The molecule has 0 atom stereocenters. The van der Waals surface area contributed by atoms with Crippen LogP contribution in [0.3, 0.4) is 0 Å². The van der Waals surface area contributed by atoms with E-state index in [0.29, 0.717) is 10.6 Å². The third-order valence-electron chi connectivity index (χ3n) is 1.12. The molecule has 0 spiro atoms. The van der Waals surface area contributed by atoms with E-state index in [4.69, 9.17) is 11.6 Å². The van der Waals surface area contributed by atoms with Crippen molar-refractivity contribution in [3.8, 4) is 0 Å². The zero-order valence-corrected chi connectivity index (χ0v) is 6.03. The second-order valence-corrected chi connectivity index (χ2v) is 2.34. The van der Waals surface area contributed by atoms with Gasteiger partial charge in [0.1, 0.15) is 0 Å². The average molecular weight is 154 g/mol. The van der Waals surface area contributed by atoms with Crippen LogP contribution in [0.15, 0.2) is 18.2 Å². The Bertz CT molecular complexity index is 240. The maximum atomic E-state index is 12.5. The molecule has 0 amide bonds. The summed E-state index contributed by atoms with van der Waals surface area (Å²) < 4.78 is 12.5. The van der Waals surface area contributed by atoms with Gasteiger partial charge in [0.15, 0.2) is 0 Å². The summed E-state index contributed by atoms with van der Waals surface area (Å²) in [5.74, 6) is 1.22. The average Bonchev–Trinajstić information content (AvgIpc) is 1.85. The van der Waals surface area contributed by atoms with Crippen molar-refractivity contribution in [3.63, 3.8) is 0 Å². The summed E-state index contributed by atoms with van der Waals surface area (Å²) in [5.41, 5.74) is 0.699. The van der Waals surface area contributed by atoms with Crippen molar-refractivity contribution in [2.24, 2.45) is 0 Å². The van der Waals surface area contributed by atoms with E-state index in [0.717, 1.165) is 0 Å². The van der Waals surface area contributed by atoms with E-state index in [1.54, 1.807) is 12.0 Å². The van der Waals surface area contributed by atoms with Crippen LogP contribution >= 0.6 is 11.6 Å². The van der Waals surface area contributed by atoms with Crippen LogP contribution < -0.4 is 0 Å². The molecule has 0 N–H and O–H groups in total. The van der Waals surface area contributed by atoms with Gasteiger partial charge in [-0.05, 0) is 0 Å². The number of halogens is 2. The van der Waals surface area contributed by atoms with Gasteiger partial charge in [0.25, 0.3) is 0 Å². The van der Waals surface area contributed by atoms with Gasteiger partial charge in [0.2, 0.25) is 0 Å². The van der Waals surface area contributed by atoms with Crippen LogP contribution in [0.2, 0.25) is 5.02 Å². The molecule has 10 heavy (non-hydrogen) atoms. The molecule has 1 aromatic carbocycles. The van der Waals surface area contributed by atoms with Crippen LogP contribution in [-0.2, 0) is 0 Å².